The van der Waals surface area contributed by atoms with Crippen LogP contribution in [0.25, 0.3) is 6.08 Å². The Morgan fingerprint density at radius 2 is 1.95 bits per heavy atom. The van der Waals surface area contributed by atoms with Gasteiger partial charge in [-0.1, -0.05) is 60.3 Å². The molecule has 2 aliphatic heterocycles. The molecule has 2 N–H and O–H groups in total. The summed E-state index contributed by atoms with van der Waals surface area (Å²) in [6.07, 6.45) is 7.27. The van der Waals surface area contributed by atoms with Crippen molar-refractivity contribution in [3.8, 4) is 0 Å². The van der Waals surface area contributed by atoms with Crippen molar-refractivity contribution in [3.05, 3.63) is 21.7 Å². The predicted octanol–water partition coefficient (Wildman–Crippen LogP) is 6.57. The Labute approximate surface area is 262 Å². The number of aliphatic hydroxyl groups excluding tert-OH is 1. The molecule has 1 aromatic rings. The molecule has 0 saturated carbocycles. The number of carbonyl (C=O) groups excluding carboxylic acids is 3. The number of ketones is 1. The van der Waals surface area contributed by atoms with Gasteiger partial charge in [0.15, 0.2) is 0 Å². The standard InChI is InChI=1S/C34H54N2O6S/c1-9-10-11-12-15-30(39)41-31-21(2)14-13-16-34(8)28(42-34)18-26(22(3)17-25-20-43-24(5)35-25)36-29(38)19-27(37)33(6,7)32(40)23(31)4/h17,20-21,23,26-28,31,37H,9-16,18-19H2,1-8H3,(H,36,38)/b22-17+/t21-,23+,26-,27-,28-,31-,34+/m0/s1. The molecule has 9 heteroatoms. The molecule has 0 radical (unpaired) electrons. The first-order valence-corrected chi connectivity index (χ1v) is 17.0. The van der Waals surface area contributed by atoms with E-state index in [9.17, 15) is 19.5 Å². The number of thiazole rings is 1. The highest BCUT2D eigenvalue weighted by Crippen LogP contribution is 2.44. The van der Waals surface area contributed by atoms with E-state index in [-0.39, 0.29) is 47.7 Å². The maximum absolute atomic E-state index is 13.9. The topological polar surface area (TPSA) is 118 Å². The highest BCUT2D eigenvalue weighted by atomic mass is 32.1. The van der Waals surface area contributed by atoms with Crippen LogP contribution in [0, 0.1) is 24.2 Å². The number of fused-ring (bicyclic) bond motifs is 1. The molecule has 242 valence electrons. The van der Waals surface area contributed by atoms with Crippen LogP contribution in [0.15, 0.2) is 11.0 Å². The summed E-state index contributed by atoms with van der Waals surface area (Å²) in [7, 11) is 0. The minimum Gasteiger partial charge on any atom is -0.461 e. The fourth-order valence-corrected chi connectivity index (χ4v) is 6.87. The van der Waals surface area contributed by atoms with E-state index in [1.165, 1.54) is 0 Å². The molecule has 0 aromatic carbocycles. The highest BCUT2D eigenvalue weighted by Gasteiger charge is 2.52. The molecule has 8 nitrogen and oxygen atoms in total. The molecular formula is C34H54N2O6S. The van der Waals surface area contributed by atoms with Crippen LogP contribution in [0.1, 0.15) is 123 Å². The second kappa shape index (κ2) is 15.3. The quantitative estimate of drug-likeness (QED) is 0.192. The summed E-state index contributed by atoms with van der Waals surface area (Å²) in [5.74, 6) is -1.50. The third-order valence-corrected chi connectivity index (χ3v) is 10.3. The molecule has 1 amide bonds. The van der Waals surface area contributed by atoms with Gasteiger partial charge in [-0.25, -0.2) is 4.98 Å². The van der Waals surface area contributed by atoms with Crippen molar-refractivity contribution < 1.29 is 29.0 Å². The summed E-state index contributed by atoms with van der Waals surface area (Å²) in [5, 5.41) is 17.3. The van der Waals surface area contributed by atoms with Gasteiger partial charge in [0, 0.05) is 18.2 Å². The lowest BCUT2D eigenvalue weighted by Gasteiger charge is -2.36. The fourth-order valence-electron chi connectivity index (χ4n) is 6.30. The molecule has 3 heterocycles. The number of hydrogen-bond acceptors (Lipinski definition) is 8. The molecule has 43 heavy (non-hydrogen) atoms. The molecule has 2 aliphatic rings. The molecular weight excluding hydrogens is 564 g/mol. The van der Waals surface area contributed by atoms with E-state index in [2.05, 4.69) is 24.1 Å². The van der Waals surface area contributed by atoms with Gasteiger partial charge < -0.3 is 19.9 Å². The first kappa shape index (κ1) is 35.4. The van der Waals surface area contributed by atoms with Crippen molar-refractivity contribution in [2.45, 2.75) is 150 Å². The van der Waals surface area contributed by atoms with Crippen LogP contribution in [-0.2, 0) is 23.9 Å². The monoisotopic (exact) mass is 618 g/mol. The van der Waals surface area contributed by atoms with E-state index >= 15 is 0 Å². The van der Waals surface area contributed by atoms with Crippen LogP contribution in [0.5, 0.6) is 0 Å². The Hall–Kier alpha value is -2.10. The van der Waals surface area contributed by atoms with Crippen LogP contribution in [0.4, 0.5) is 0 Å². The number of unbranched alkanes of at least 4 members (excludes halogenated alkanes) is 3. The third kappa shape index (κ3) is 9.69. The van der Waals surface area contributed by atoms with E-state index in [1.807, 2.05) is 32.2 Å². The molecule has 2 saturated heterocycles. The molecule has 0 unspecified atom stereocenters. The summed E-state index contributed by atoms with van der Waals surface area (Å²) < 4.78 is 12.2. The van der Waals surface area contributed by atoms with Crippen LogP contribution in [0.2, 0.25) is 0 Å². The van der Waals surface area contributed by atoms with Crippen molar-refractivity contribution in [1.29, 1.82) is 0 Å². The number of nitrogens with zero attached hydrogens (tertiary/aromatic N) is 1. The van der Waals surface area contributed by atoms with Crippen LogP contribution in [0.3, 0.4) is 0 Å². The average molecular weight is 619 g/mol. The molecule has 2 fully saturated rings. The lowest BCUT2D eigenvalue weighted by atomic mass is 9.72. The number of nitrogens with one attached hydrogen (secondary N) is 1. The van der Waals surface area contributed by atoms with Crippen LogP contribution >= 0.6 is 11.3 Å². The van der Waals surface area contributed by atoms with E-state index in [0.717, 1.165) is 61.2 Å². The van der Waals surface area contributed by atoms with Crippen molar-refractivity contribution in [2.24, 2.45) is 17.3 Å². The first-order chi connectivity index (χ1) is 20.2. The van der Waals surface area contributed by atoms with Gasteiger partial charge in [0.2, 0.25) is 5.91 Å². The van der Waals surface area contributed by atoms with Gasteiger partial charge in [0.05, 0.1) is 52.3 Å². The zero-order valence-electron chi connectivity index (χ0n) is 27.5. The van der Waals surface area contributed by atoms with Gasteiger partial charge in [-0.3, -0.25) is 14.4 Å². The summed E-state index contributed by atoms with van der Waals surface area (Å²) in [4.78, 5) is 44.6. The van der Waals surface area contributed by atoms with Gasteiger partial charge in [0.25, 0.3) is 0 Å². The summed E-state index contributed by atoms with van der Waals surface area (Å²) >= 11 is 1.58. The lowest BCUT2D eigenvalue weighted by molar-refractivity contribution is -0.160. The normalized spacial score (nSPS) is 32.5. The number of aliphatic hydroxyl groups is 1. The highest BCUT2D eigenvalue weighted by molar-refractivity contribution is 7.09. The summed E-state index contributed by atoms with van der Waals surface area (Å²) in [5.41, 5.74) is 0.303. The van der Waals surface area contributed by atoms with E-state index in [4.69, 9.17) is 9.47 Å². The van der Waals surface area contributed by atoms with Crippen LogP contribution < -0.4 is 5.32 Å². The second-order valence-electron chi connectivity index (χ2n) is 13.7. The van der Waals surface area contributed by atoms with Crippen molar-refractivity contribution >= 4 is 35.1 Å². The molecule has 0 aliphatic carbocycles. The number of epoxide rings is 1. The molecule has 7 atom stereocenters. The maximum atomic E-state index is 13.9. The zero-order valence-corrected chi connectivity index (χ0v) is 28.4. The largest absolute Gasteiger partial charge is 0.461 e. The van der Waals surface area contributed by atoms with Crippen molar-refractivity contribution in [3.63, 3.8) is 0 Å². The number of rotatable bonds is 8. The van der Waals surface area contributed by atoms with Gasteiger partial charge in [-0.05, 0) is 57.6 Å². The molecule has 0 bridgehead atoms. The molecule has 1 aromatic heterocycles. The number of carbonyl (C=O) groups is 3. The minimum atomic E-state index is -1.21. The van der Waals surface area contributed by atoms with E-state index in [1.54, 1.807) is 32.1 Å². The maximum Gasteiger partial charge on any atom is 0.306 e. The predicted molar refractivity (Wildman–Crippen MR) is 171 cm³/mol. The number of aryl methyl sites for hydroxylation is 1. The summed E-state index contributed by atoms with van der Waals surface area (Å²) in [6, 6.07) is -0.292. The number of esters is 1. The van der Waals surface area contributed by atoms with Gasteiger partial charge in [0.1, 0.15) is 11.9 Å². The Morgan fingerprint density at radius 1 is 1.23 bits per heavy atom. The Kier molecular flexibility index (Phi) is 12.6. The minimum absolute atomic E-state index is 0.0138. The molecule has 0 spiro atoms. The van der Waals surface area contributed by atoms with Crippen LogP contribution in [-0.4, -0.2) is 57.7 Å². The number of Topliss-reactive ketones (excluding diaryl/α,β-unsaturated/α-hetero) is 1. The fraction of sp³-hybridized carbons (Fsp3) is 0.765. The number of amides is 1. The third-order valence-electron chi connectivity index (χ3n) is 9.53. The van der Waals surface area contributed by atoms with E-state index in [0.29, 0.717) is 12.8 Å². The molecule has 3 rings (SSSR count). The van der Waals surface area contributed by atoms with E-state index < -0.39 is 23.5 Å². The van der Waals surface area contributed by atoms with Gasteiger partial charge in [-0.15, -0.1) is 11.3 Å². The first-order valence-electron chi connectivity index (χ1n) is 16.2. The second-order valence-corrected chi connectivity index (χ2v) is 14.7. The Morgan fingerprint density at radius 3 is 2.60 bits per heavy atom. The van der Waals surface area contributed by atoms with Crippen molar-refractivity contribution in [2.75, 3.05) is 0 Å². The average Bonchev–Trinajstić information content (AvgIpc) is 3.38. The number of aromatic nitrogens is 1. The summed E-state index contributed by atoms with van der Waals surface area (Å²) in [6.45, 7) is 15.4. The Balaban J connectivity index is 1.82. The zero-order chi connectivity index (χ0) is 31.9. The van der Waals surface area contributed by atoms with Crippen molar-refractivity contribution in [1.82, 2.24) is 10.3 Å². The number of ether oxygens (including phenoxy) is 2. The Bertz CT molecular complexity index is 1150. The number of hydrogen-bond donors (Lipinski definition) is 2. The smallest absolute Gasteiger partial charge is 0.306 e. The van der Waals surface area contributed by atoms with Gasteiger partial charge >= 0.3 is 5.97 Å². The van der Waals surface area contributed by atoms with Gasteiger partial charge in [-0.2, -0.15) is 0 Å². The lowest BCUT2D eigenvalue weighted by Crippen LogP contribution is -2.48. The SMILES string of the molecule is CCCCCCC(=O)O[C@H]1[C@@H](C)CCC[C@@]2(C)O[C@H]2C[C@@H](/C(C)=C/c2csc(C)n2)NC(=O)C[C@H](O)C(C)(C)C(=O)[C@@H]1C.